The lowest BCUT2D eigenvalue weighted by Gasteiger charge is -2.26. The number of rotatable bonds is 5. The van der Waals surface area contributed by atoms with Crippen LogP contribution in [0.4, 0.5) is 4.39 Å². The van der Waals surface area contributed by atoms with Gasteiger partial charge in [-0.25, -0.2) is 12.8 Å². The van der Waals surface area contributed by atoms with E-state index in [1.807, 2.05) is 0 Å². The smallest absolute Gasteiger partial charge is 0.272 e. The molecular weight excluding hydrogens is 383 g/mol. The van der Waals surface area contributed by atoms with Crippen molar-refractivity contribution in [2.24, 2.45) is 0 Å². The largest absolute Gasteiger partial charge is 0.379 e. The summed E-state index contributed by atoms with van der Waals surface area (Å²) in [4.78, 5) is 12.0. The molecule has 142 valence electrons. The maximum Gasteiger partial charge on any atom is 0.272 e. The van der Waals surface area contributed by atoms with Gasteiger partial charge in [0.2, 0.25) is 10.0 Å². The summed E-state index contributed by atoms with van der Waals surface area (Å²) in [7, 11) is -3.84. The van der Waals surface area contributed by atoms with Crippen LogP contribution in [0, 0.1) is 5.82 Å². The molecule has 11 heteroatoms. The van der Waals surface area contributed by atoms with Crippen LogP contribution in [-0.2, 0) is 14.8 Å². The maximum atomic E-state index is 14.0. The summed E-state index contributed by atoms with van der Waals surface area (Å²) < 4.78 is 45.6. The number of hydrogen-bond donors (Lipinski definition) is 3. The molecule has 1 heterocycles. The number of carbonyl (C=O) groups excluding carboxylic acids is 1. The van der Waals surface area contributed by atoms with E-state index in [-0.39, 0.29) is 36.3 Å². The number of morpholine rings is 1. The third kappa shape index (κ3) is 4.97. The third-order valence-corrected chi connectivity index (χ3v) is 5.63. The minimum Gasteiger partial charge on any atom is -0.379 e. The van der Waals surface area contributed by atoms with Crippen molar-refractivity contribution in [2.75, 3.05) is 32.8 Å². The van der Waals surface area contributed by atoms with Gasteiger partial charge in [-0.2, -0.15) is 4.31 Å². The number of carbonyl (C=O) groups is 1. The summed E-state index contributed by atoms with van der Waals surface area (Å²) in [5.74, 6) is -1.71. The Bertz CT molecular complexity index is 795. The van der Waals surface area contributed by atoms with Gasteiger partial charge in [0, 0.05) is 19.6 Å². The monoisotopic (exact) mass is 402 g/mol. The van der Waals surface area contributed by atoms with E-state index in [9.17, 15) is 17.6 Å². The summed E-state index contributed by atoms with van der Waals surface area (Å²) in [6.45, 7) is 4.85. The Hall–Kier alpha value is -2.08. The lowest BCUT2D eigenvalue weighted by atomic mass is 10.2. The fraction of sp³-hybridized carbons (Fsp3) is 0.333. The highest BCUT2D eigenvalue weighted by atomic mass is 32.2. The van der Waals surface area contributed by atoms with Crippen LogP contribution in [0.2, 0.25) is 0 Å². The molecule has 0 bridgehead atoms. The van der Waals surface area contributed by atoms with Gasteiger partial charge in [0.05, 0.1) is 23.7 Å². The zero-order valence-corrected chi connectivity index (χ0v) is 15.5. The molecule has 3 N–H and O–H groups in total. The molecule has 0 unspecified atom stereocenters. The Labute approximate surface area is 156 Å². The number of nitrogens with one attached hydrogen (secondary N) is 3. The molecule has 0 radical (unpaired) electrons. The van der Waals surface area contributed by atoms with Crippen LogP contribution in [0.5, 0.6) is 0 Å². The van der Waals surface area contributed by atoms with Crippen molar-refractivity contribution >= 4 is 33.3 Å². The fourth-order valence-electron chi connectivity index (χ4n) is 2.16. The van der Waals surface area contributed by atoms with Gasteiger partial charge in [-0.3, -0.25) is 15.6 Å². The van der Waals surface area contributed by atoms with Gasteiger partial charge in [-0.05, 0) is 30.4 Å². The molecule has 0 aliphatic carbocycles. The molecular formula is C15H19FN4O4S2. The van der Waals surface area contributed by atoms with Gasteiger partial charge in [0.15, 0.2) is 5.11 Å². The quantitative estimate of drug-likeness (QED) is 0.366. The lowest BCUT2D eigenvalue weighted by Crippen LogP contribution is -2.47. The topological polar surface area (TPSA) is 99.8 Å². The molecule has 0 atom stereocenters. The second-order valence-corrected chi connectivity index (χ2v) is 7.58. The normalized spacial score (nSPS) is 15.1. The number of thiocarbonyl (C=S) groups is 1. The average molecular weight is 402 g/mol. The molecule has 2 rings (SSSR count). The van der Waals surface area contributed by atoms with E-state index < -0.39 is 27.3 Å². The molecule has 8 nitrogen and oxygen atoms in total. The van der Waals surface area contributed by atoms with E-state index >= 15 is 0 Å². The molecule has 0 spiro atoms. The molecule has 26 heavy (non-hydrogen) atoms. The van der Waals surface area contributed by atoms with Crippen LogP contribution in [0.1, 0.15) is 10.4 Å². The number of hydrazine groups is 1. The van der Waals surface area contributed by atoms with Crippen molar-refractivity contribution < 1.29 is 22.3 Å². The SMILES string of the molecule is C=CCNC(=S)NNC(=O)c1cc(S(=O)(=O)N2CCOCC2)ccc1F. The summed E-state index contributed by atoms with van der Waals surface area (Å²) in [5, 5.41) is 2.82. The van der Waals surface area contributed by atoms with Crippen LogP contribution in [0.15, 0.2) is 35.7 Å². The van der Waals surface area contributed by atoms with Gasteiger partial charge in [0.1, 0.15) is 5.82 Å². The highest BCUT2D eigenvalue weighted by molar-refractivity contribution is 7.89. The van der Waals surface area contributed by atoms with Gasteiger partial charge in [0.25, 0.3) is 5.91 Å². The number of sulfonamides is 1. The van der Waals surface area contributed by atoms with Crippen molar-refractivity contribution in [3.8, 4) is 0 Å². The van der Waals surface area contributed by atoms with Gasteiger partial charge >= 0.3 is 0 Å². The zero-order valence-electron chi connectivity index (χ0n) is 13.8. The van der Waals surface area contributed by atoms with Crippen LogP contribution >= 0.6 is 12.2 Å². The zero-order chi connectivity index (χ0) is 19.2. The first-order chi connectivity index (χ1) is 12.4. The van der Waals surface area contributed by atoms with Crippen LogP contribution in [-0.4, -0.2) is 56.6 Å². The van der Waals surface area contributed by atoms with Crippen molar-refractivity contribution in [3.05, 3.63) is 42.2 Å². The third-order valence-electron chi connectivity index (χ3n) is 3.49. The summed E-state index contributed by atoms with van der Waals surface area (Å²) >= 11 is 4.90. The van der Waals surface area contributed by atoms with Gasteiger partial charge in [-0.1, -0.05) is 6.08 Å². The summed E-state index contributed by atoms with van der Waals surface area (Å²) in [6, 6.07) is 3.06. The number of hydrogen-bond acceptors (Lipinski definition) is 5. The van der Waals surface area contributed by atoms with E-state index in [1.54, 1.807) is 6.08 Å². The average Bonchev–Trinajstić information content (AvgIpc) is 2.65. The Morgan fingerprint density at radius 1 is 1.35 bits per heavy atom. The van der Waals surface area contributed by atoms with E-state index in [1.165, 1.54) is 4.31 Å². The highest BCUT2D eigenvalue weighted by Gasteiger charge is 2.27. The van der Waals surface area contributed by atoms with Crippen LogP contribution in [0.3, 0.4) is 0 Å². The molecule has 1 aliphatic heterocycles. The first-order valence-electron chi connectivity index (χ1n) is 7.69. The van der Waals surface area contributed by atoms with Gasteiger partial charge in [-0.15, -0.1) is 6.58 Å². The Kier molecular flexibility index (Phi) is 7.03. The molecule has 1 saturated heterocycles. The number of nitrogens with zero attached hydrogens (tertiary/aromatic N) is 1. The van der Waals surface area contributed by atoms with E-state index in [4.69, 9.17) is 17.0 Å². The van der Waals surface area contributed by atoms with E-state index in [2.05, 4.69) is 22.7 Å². The first-order valence-corrected chi connectivity index (χ1v) is 9.53. The van der Waals surface area contributed by atoms with Crippen LogP contribution in [0.25, 0.3) is 0 Å². The number of halogens is 1. The Morgan fingerprint density at radius 2 is 2.04 bits per heavy atom. The van der Waals surface area contributed by atoms with E-state index in [0.29, 0.717) is 6.54 Å². The molecule has 1 aromatic carbocycles. The first kappa shape index (κ1) is 20.2. The van der Waals surface area contributed by atoms with Crippen molar-refractivity contribution in [2.45, 2.75) is 4.90 Å². The summed E-state index contributed by atoms with van der Waals surface area (Å²) in [5.41, 5.74) is 4.19. The lowest BCUT2D eigenvalue weighted by molar-refractivity contribution is 0.0730. The molecule has 0 aromatic heterocycles. The molecule has 1 amide bonds. The second kappa shape index (κ2) is 9.03. The van der Waals surface area contributed by atoms with Crippen molar-refractivity contribution in [1.82, 2.24) is 20.5 Å². The maximum absolute atomic E-state index is 14.0. The number of ether oxygens (including phenoxy) is 1. The minimum atomic E-state index is -3.84. The Balaban J connectivity index is 2.14. The number of benzene rings is 1. The predicted molar refractivity (Wildman–Crippen MR) is 97.4 cm³/mol. The Morgan fingerprint density at radius 3 is 2.69 bits per heavy atom. The summed E-state index contributed by atoms with van der Waals surface area (Å²) in [6.07, 6.45) is 1.56. The minimum absolute atomic E-state index is 0.107. The van der Waals surface area contributed by atoms with E-state index in [0.717, 1.165) is 18.2 Å². The standard InChI is InChI=1S/C15H19FN4O4S2/c1-2-5-17-15(25)19-18-14(21)12-10-11(3-4-13(12)16)26(22,23)20-6-8-24-9-7-20/h2-4,10H,1,5-9H2,(H,18,21)(H2,17,19,25). The van der Waals surface area contributed by atoms with Gasteiger partial charge < -0.3 is 10.1 Å². The highest BCUT2D eigenvalue weighted by Crippen LogP contribution is 2.20. The molecule has 1 fully saturated rings. The van der Waals surface area contributed by atoms with Crippen molar-refractivity contribution in [3.63, 3.8) is 0 Å². The number of amides is 1. The molecule has 0 saturated carbocycles. The molecule has 1 aliphatic rings. The predicted octanol–water partition coefficient (Wildman–Crippen LogP) is 0.142. The van der Waals surface area contributed by atoms with Crippen LogP contribution < -0.4 is 16.2 Å². The second-order valence-electron chi connectivity index (χ2n) is 5.24. The van der Waals surface area contributed by atoms with Crippen molar-refractivity contribution in [1.29, 1.82) is 0 Å². The fourth-order valence-corrected chi connectivity index (χ4v) is 3.73. The molecule has 1 aromatic rings.